The van der Waals surface area contributed by atoms with Crippen molar-refractivity contribution in [1.29, 1.82) is 5.26 Å². The molecule has 9 nitrogen and oxygen atoms in total. The van der Waals surface area contributed by atoms with Gasteiger partial charge in [0.2, 0.25) is 0 Å². The maximum Gasteiger partial charge on any atom is 0.348 e. The molecule has 9 heteroatoms. The number of nitriles is 1. The molecule has 0 heterocycles. The van der Waals surface area contributed by atoms with Crippen molar-refractivity contribution in [2.24, 2.45) is 0 Å². The molecule has 1 rings (SSSR count). The number of nitrogens with zero attached hydrogens (tertiary/aromatic N) is 1. The summed E-state index contributed by atoms with van der Waals surface area (Å²) in [5.74, 6) is 0.231. The van der Waals surface area contributed by atoms with Gasteiger partial charge in [-0.1, -0.05) is 19.7 Å². The molecule has 0 unspecified atom stereocenters. The lowest BCUT2D eigenvalue weighted by Crippen LogP contribution is -2.10. The first-order valence-corrected chi connectivity index (χ1v) is 9.55. The summed E-state index contributed by atoms with van der Waals surface area (Å²) in [7, 11) is 1.18. The topological polar surface area (TPSA) is 105 Å². The second-order valence-electron chi connectivity index (χ2n) is 5.65. The zero-order valence-electron chi connectivity index (χ0n) is 18.0. The Morgan fingerprint density at radius 2 is 1.34 bits per heavy atom. The van der Waals surface area contributed by atoms with E-state index in [2.05, 4.69) is 24.5 Å². The Labute approximate surface area is 187 Å². The number of methoxy groups -OCH3 is 1. The van der Waals surface area contributed by atoms with Gasteiger partial charge in [0.15, 0.2) is 0 Å². The van der Waals surface area contributed by atoms with E-state index in [1.165, 1.54) is 32.0 Å². The summed E-state index contributed by atoms with van der Waals surface area (Å²) in [6.07, 6.45) is 5.23. The first-order chi connectivity index (χ1) is 15.6. The Hall–Kier alpha value is -4.06. The van der Waals surface area contributed by atoms with Crippen LogP contribution in [0.15, 0.2) is 56.2 Å². The molecule has 1 aromatic carbocycles. The molecule has 0 atom stereocenters. The average Bonchev–Trinajstić information content (AvgIpc) is 2.81. The number of benzene rings is 1. The van der Waals surface area contributed by atoms with Crippen LogP contribution in [0.5, 0.6) is 17.2 Å². The molecule has 0 aliphatic heterocycles. The number of esters is 1. The summed E-state index contributed by atoms with van der Waals surface area (Å²) in [5, 5.41) is 9.37. The summed E-state index contributed by atoms with van der Waals surface area (Å²) in [6.45, 7) is 11.7. The maximum atomic E-state index is 11.9. The van der Waals surface area contributed by atoms with Gasteiger partial charge in [-0.25, -0.2) is 4.79 Å². The highest BCUT2D eigenvalue weighted by atomic mass is 16.5. The molecule has 0 saturated carbocycles. The number of carbonyl (C=O) groups excluding carboxylic acids is 1. The van der Waals surface area contributed by atoms with Gasteiger partial charge in [0.25, 0.3) is 0 Å². The van der Waals surface area contributed by atoms with Gasteiger partial charge in [-0.15, -0.1) is 0 Å². The molecule has 0 aliphatic rings. The highest BCUT2D eigenvalue weighted by Gasteiger charge is 2.17. The van der Waals surface area contributed by atoms with Gasteiger partial charge >= 0.3 is 5.97 Å². The average molecular weight is 445 g/mol. The fourth-order valence-corrected chi connectivity index (χ4v) is 2.29. The summed E-state index contributed by atoms with van der Waals surface area (Å²) < 4.78 is 37.2. The Balaban J connectivity index is 3.36. The smallest absolute Gasteiger partial charge is 0.348 e. The van der Waals surface area contributed by atoms with Crippen molar-refractivity contribution in [3.05, 3.63) is 61.8 Å². The molecule has 0 saturated heterocycles. The fraction of sp³-hybridized carbons (Fsp3) is 0.304. The van der Waals surface area contributed by atoms with E-state index in [4.69, 9.17) is 28.4 Å². The Kier molecular flexibility index (Phi) is 12.8. The standard InChI is InChI=1S/C23H27NO8/c1-5-27-8-11-30-19-15-21(31-12-9-28-6-2)20(14-18(17-24)23(25)26-4)22(16-19)32-13-10-29-7-3/h5-7,14-16H,1-3,8-13H2,4H3. The largest absolute Gasteiger partial charge is 0.498 e. The van der Waals surface area contributed by atoms with E-state index < -0.39 is 5.97 Å². The van der Waals surface area contributed by atoms with Crippen LogP contribution in [0.25, 0.3) is 6.08 Å². The minimum absolute atomic E-state index is 0.162. The maximum absolute atomic E-state index is 11.9. The number of ether oxygens (including phenoxy) is 7. The molecular formula is C23H27NO8. The van der Waals surface area contributed by atoms with Crippen molar-refractivity contribution >= 4 is 12.0 Å². The summed E-state index contributed by atoms with van der Waals surface area (Å²) in [4.78, 5) is 11.9. The Morgan fingerprint density at radius 1 is 0.875 bits per heavy atom. The van der Waals surface area contributed by atoms with Crippen LogP contribution in [-0.2, 0) is 23.7 Å². The van der Waals surface area contributed by atoms with Crippen LogP contribution in [-0.4, -0.2) is 52.7 Å². The van der Waals surface area contributed by atoms with Crippen LogP contribution in [0.1, 0.15) is 5.56 Å². The van der Waals surface area contributed by atoms with Crippen LogP contribution >= 0.6 is 0 Å². The number of carbonyl (C=O) groups is 1. The molecule has 1 aromatic rings. The highest BCUT2D eigenvalue weighted by molar-refractivity contribution is 5.98. The van der Waals surface area contributed by atoms with E-state index in [0.29, 0.717) is 29.4 Å². The van der Waals surface area contributed by atoms with Gasteiger partial charge in [-0.05, 0) is 6.08 Å². The molecule has 0 amide bonds. The van der Waals surface area contributed by atoms with Crippen LogP contribution in [0.2, 0.25) is 0 Å². The quantitative estimate of drug-likeness (QED) is 0.117. The van der Waals surface area contributed by atoms with Crippen LogP contribution in [0.3, 0.4) is 0 Å². The van der Waals surface area contributed by atoms with E-state index in [1.807, 2.05) is 6.07 Å². The molecule has 0 fully saturated rings. The van der Waals surface area contributed by atoms with Crippen molar-refractivity contribution < 1.29 is 38.0 Å². The third kappa shape index (κ3) is 9.17. The zero-order valence-corrected chi connectivity index (χ0v) is 18.0. The minimum Gasteiger partial charge on any atom is -0.498 e. The van der Waals surface area contributed by atoms with Crippen molar-refractivity contribution in [1.82, 2.24) is 0 Å². The van der Waals surface area contributed by atoms with E-state index >= 15 is 0 Å². The SMILES string of the molecule is C=COCCOc1cc(OCCOC=C)c(C=C(C#N)C(=O)OC)c(OCCOC=C)c1. The Bertz CT molecular complexity index is 804. The van der Waals surface area contributed by atoms with Crippen molar-refractivity contribution in [3.8, 4) is 23.3 Å². The van der Waals surface area contributed by atoms with Crippen molar-refractivity contribution in [2.45, 2.75) is 0 Å². The monoisotopic (exact) mass is 445 g/mol. The lowest BCUT2D eigenvalue weighted by Gasteiger charge is -2.17. The van der Waals surface area contributed by atoms with Crippen molar-refractivity contribution in [2.75, 3.05) is 46.8 Å². The van der Waals surface area contributed by atoms with Gasteiger partial charge in [-0.2, -0.15) is 5.26 Å². The molecule has 0 N–H and O–H groups in total. The van der Waals surface area contributed by atoms with Crippen molar-refractivity contribution in [3.63, 3.8) is 0 Å². The molecule has 0 spiro atoms. The summed E-state index contributed by atoms with van der Waals surface area (Å²) >= 11 is 0. The van der Waals surface area contributed by atoms with E-state index in [1.54, 1.807) is 12.1 Å². The summed E-state index contributed by atoms with van der Waals surface area (Å²) in [5.41, 5.74) is 0.110. The zero-order chi connectivity index (χ0) is 23.6. The van der Waals surface area contributed by atoms with Crippen LogP contribution < -0.4 is 14.2 Å². The minimum atomic E-state index is -0.795. The molecule has 0 radical (unpaired) electrons. The number of rotatable bonds is 17. The lowest BCUT2D eigenvalue weighted by molar-refractivity contribution is -0.135. The molecule has 0 aliphatic carbocycles. The predicted molar refractivity (Wildman–Crippen MR) is 117 cm³/mol. The normalized spacial score (nSPS) is 10.2. The molecular weight excluding hydrogens is 418 g/mol. The lowest BCUT2D eigenvalue weighted by atomic mass is 10.1. The third-order valence-electron chi connectivity index (χ3n) is 3.63. The first-order valence-electron chi connectivity index (χ1n) is 9.55. The van der Waals surface area contributed by atoms with Gasteiger partial charge < -0.3 is 33.2 Å². The van der Waals surface area contributed by atoms with Gasteiger partial charge in [0.1, 0.15) is 68.5 Å². The second-order valence-corrected chi connectivity index (χ2v) is 5.65. The molecule has 32 heavy (non-hydrogen) atoms. The number of hydrogen-bond donors (Lipinski definition) is 0. The molecule has 0 bridgehead atoms. The van der Waals surface area contributed by atoms with Gasteiger partial charge in [-0.3, -0.25) is 0 Å². The summed E-state index contributed by atoms with van der Waals surface area (Å²) in [6, 6.07) is 5.02. The van der Waals surface area contributed by atoms with Gasteiger partial charge in [0, 0.05) is 12.1 Å². The van der Waals surface area contributed by atoms with Gasteiger partial charge in [0.05, 0.1) is 31.5 Å². The fourth-order valence-electron chi connectivity index (χ4n) is 2.29. The Morgan fingerprint density at radius 3 is 1.75 bits per heavy atom. The predicted octanol–water partition coefficient (Wildman–Crippen LogP) is 3.38. The highest BCUT2D eigenvalue weighted by Crippen LogP contribution is 2.36. The van der Waals surface area contributed by atoms with E-state index in [-0.39, 0.29) is 38.6 Å². The number of hydrogen-bond acceptors (Lipinski definition) is 9. The van der Waals surface area contributed by atoms with Crippen LogP contribution in [0, 0.1) is 11.3 Å². The molecule has 172 valence electrons. The first kappa shape index (κ1) is 26.0. The van der Waals surface area contributed by atoms with E-state index in [0.717, 1.165) is 0 Å². The third-order valence-corrected chi connectivity index (χ3v) is 3.63. The molecule has 0 aromatic heterocycles. The second kappa shape index (κ2) is 15.7. The van der Waals surface area contributed by atoms with E-state index in [9.17, 15) is 10.1 Å². The van der Waals surface area contributed by atoms with Crippen LogP contribution in [0.4, 0.5) is 0 Å².